The number of likely N-dealkylation sites (tertiary alicyclic amines) is 1. The van der Waals surface area contributed by atoms with Gasteiger partial charge in [-0.3, -0.25) is 19.9 Å². The van der Waals surface area contributed by atoms with Crippen molar-refractivity contribution >= 4 is 17.8 Å². The summed E-state index contributed by atoms with van der Waals surface area (Å²) in [4.78, 5) is 39.6. The van der Waals surface area contributed by atoms with E-state index < -0.39 is 17.5 Å². The molecule has 1 aromatic carbocycles. The fourth-order valence-corrected chi connectivity index (χ4v) is 4.28. The molecule has 152 valence electrons. The molecule has 2 fully saturated rings. The van der Waals surface area contributed by atoms with Crippen LogP contribution in [-0.4, -0.2) is 52.9 Å². The van der Waals surface area contributed by atoms with Crippen LogP contribution in [-0.2, 0) is 16.0 Å². The predicted molar refractivity (Wildman–Crippen MR) is 106 cm³/mol. The molecule has 28 heavy (non-hydrogen) atoms. The van der Waals surface area contributed by atoms with Gasteiger partial charge in [0.15, 0.2) is 0 Å². The highest BCUT2D eigenvalue weighted by atomic mass is 16.2. The maximum atomic E-state index is 12.8. The van der Waals surface area contributed by atoms with Crippen molar-refractivity contribution in [1.82, 2.24) is 20.7 Å². The second kappa shape index (κ2) is 8.31. The second-order valence-corrected chi connectivity index (χ2v) is 8.56. The molecule has 7 nitrogen and oxygen atoms in total. The topological polar surface area (TPSA) is 81.8 Å². The van der Waals surface area contributed by atoms with Crippen molar-refractivity contribution in [2.45, 2.75) is 45.6 Å². The summed E-state index contributed by atoms with van der Waals surface area (Å²) in [6.45, 7) is 7.95. The van der Waals surface area contributed by atoms with Gasteiger partial charge < -0.3 is 5.32 Å². The fourth-order valence-electron chi connectivity index (χ4n) is 4.28. The van der Waals surface area contributed by atoms with Crippen LogP contribution in [0.4, 0.5) is 4.79 Å². The first-order valence-corrected chi connectivity index (χ1v) is 9.99. The summed E-state index contributed by atoms with van der Waals surface area (Å²) < 4.78 is 0. The first kappa shape index (κ1) is 20.3. The Hall–Kier alpha value is -2.41. The lowest BCUT2D eigenvalue weighted by atomic mass is 9.92. The van der Waals surface area contributed by atoms with Crippen LogP contribution in [0.5, 0.6) is 0 Å². The van der Waals surface area contributed by atoms with Gasteiger partial charge in [0.05, 0.1) is 6.54 Å². The van der Waals surface area contributed by atoms with Crippen molar-refractivity contribution in [3.05, 3.63) is 35.9 Å². The van der Waals surface area contributed by atoms with Crippen LogP contribution in [0.2, 0.25) is 0 Å². The number of urea groups is 1. The maximum absolute atomic E-state index is 12.8. The van der Waals surface area contributed by atoms with Crippen LogP contribution in [0.15, 0.2) is 30.3 Å². The number of rotatable bonds is 6. The van der Waals surface area contributed by atoms with Crippen molar-refractivity contribution in [2.75, 3.05) is 19.6 Å². The molecule has 0 saturated carbocycles. The Morgan fingerprint density at radius 2 is 1.82 bits per heavy atom. The van der Waals surface area contributed by atoms with Gasteiger partial charge in [0.25, 0.3) is 11.8 Å². The summed E-state index contributed by atoms with van der Waals surface area (Å²) in [5, 5.41) is 3.57. The number of hydrogen-bond acceptors (Lipinski definition) is 4. The van der Waals surface area contributed by atoms with Gasteiger partial charge in [0.1, 0.15) is 5.54 Å². The number of aryl methyl sites for hydroxylation is 1. The Labute approximate surface area is 166 Å². The first-order chi connectivity index (χ1) is 13.3. The molecule has 7 heteroatoms. The van der Waals surface area contributed by atoms with Crippen molar-refractivity contribution in [2.24, 2.45) is 11.8 Å². The number of piperidine rings is 1. The summed E-state index contributed by atoms with van der Waals surface area (Å²) in [5.41, 5.74) is 2.58. The zero-order chi connectivity index (χ0) is 20.3. The van der Waals surface area contributed by atoms with Gasteiger partial charge in [0.2, 0.25) is 0 Å². The van der Waals surface area contributed by atoms with E-state index in [1.165, 1.54) is 0 Å². The molecule has 2 aliphatic rings. The Morgan fingerprint density at radius 3 is 2.46 bits per heavy atom. The molecule has 0 aliphatic carbocycles. The van der Waals surface area contributed by atoms with Gasteiger partial charge in [-0.25, -0.2) is 4.79 Å². The normalized spacial score (nSPS) is 28.3. The van der Waals surface area contributed by atoms with E-state index in [1.807, 2.05) is 30.3 Å². The Morgan fingerprint density at radius 1 is 1.18 bits per heavy atom. The minimum Gasteiger partial charge on any atom is -0.322 e. The largest absolute Gasteiger partial charge is 0.344 e. The Kier molecular flexibility index (Phi) is 6.03. The Balaban J connectivity index is 1.56. The number of imide groups is 1. The number of nitrogens with zero attached hydrogens (tertiary/aromatic N) is 2. The van der Waals surface area contributed by atoms with E-state index in [2.05, 4.69) is 29.5 Å². The second-order valence-electron chi connectivity index (χ2n) is 8.56. The summed E-state index contributed by atoms with van der Waals surface area (Å²) in [6.07, 6.45) is 2.29. The average molecular weight is 386 g/mol. The molecule has 4 amide bonds. The van der Waals surface area contributed by atoms with Crippen LogP contribution in [0.3, 0.4) is 0 Å². The SMILES string of the molecule is C[C@@H]1C[C@H](C)CN(CC(=O)NN2C(=O)N[C@](C)(CCc3ccccc3)C2=O)C1. The number of hydrogen-bond donors (Lipinski definition) is 2. The molecular formula is C21H30N4O3. The van der Waals surface area contributed by atoms with Crippen LogP contribution < -0.4 is 10.7 Å². The summed E-state index contributed by atoms with van der Waals surface area (Å²) in [6, 6.07) is 9.24. The molecule has 1 aromatic rings. The quantitative estimate of drug-likeness (QED) is 0.732. The van der Waals surface area contributed by atoms with Crippen LogP contribution in [0, 0.1) is 11.8 Å². The van der Waals surface area contributed by atoms with Gasteiger partial charge in [-0.15, -0.1) is 0 Å². The highest BCUT2D eigenvalue weighted by Crippen LogP contribution is 2.23. The number of carbonyl (C=O) groups excluding carboxylic acids is 3. The van der Waals surface area contributed by atoms with Crippen molar-refractivity contribution < 1.29 is 14.4 Å². The average Bonchev–Trinajstić information content (AvgIpc) is 2.83. The number of nitrogens with one attached hydrogen (secondary N) is 2. The third kappa shape index (κ3) is 4.70. The number of hydrazine groups is 1. The minimum atomic E-state index is -1.02. The highest BCUT2D eigenvalue weighted by Gasteiger charge is 2.48. The van der Waals surface area contributed by atoms with Crippen molar-refractivity contribution in [1.29, 1.82) is 0 Å². The molecule has 3 rings (SSSR count). The molecule has 2 aliphatic heterocycles. The lowest BCUT2D eigenvalue weighted by Gasteiger charge is -2.34. The standard InChI is InChI=1S/C21H30N4O3/c1-15-11-16(2)13-24(12-15)14-18(26)23-25-19(27)21(3,22-20(25)28)10-9-17-7-5-4-6-8-17/h4-8,15-16H,9-14H2,1-3H3,(H,22,28)(H,23,26)/t15-,16+,21-/m1/s1. The molecule has 0 bridgehead atoms. The van der Waals surface area contributed by atoms with E-state index in [0.717, 1.165) is 30.1 Å². The molecule has 0 unspecified atom stereocenters. The van der Waals surface area contributed by atoms with E-state index in [4.69, 9.17) is 0 Å². The third-order valence-electron chi connectivity index (χ3n) is 5.57. The monoisotopic (exact) mass is 386 g/mol. The molecule has 0 spiro atoms. The molecule has 2 heterocycles. The van der Waals surface area contributed by atoms with Gasteiger partial charge in [-0.05, 0) is 43.6 Å². The fraction of sp³-hybridized carbons (Fsp3) is 0.571. The summed E-state index contributed by atoms with van der Waals surface area (Å²) >= 11 is 0. The predicted octanol–water partition coefficient (Wildman–Crippen LogP) is 1.94. The van der Waals surface area contributed by atoms with E-state index >= 15 is 0 Å². The zero-order valence-corrected chi connectivity index (χ0v) is 16.9. The van der Waals surface area contributed by atoms with Gasteiger partial charge in [-0.1, -0.05) is 44.2 Å². The van der Waals surface area contributed by atoms with E-state index in [0.29, 0.717) is 24.7 Å². The van der Waals surface area contributed by atoms with Crippen LogP contribution in [0.1, 0.15) is 39.2 Å². The Bertz CT molecular complexity index is 728. The first-order valence-electron chi connectivity index (χ1n) is 9.99. The molecule has 2 N–H and O–H groups in total. The molecular weight excluding hydrogens is 356 g/mol. The molecule has 0 aromatic heterocycles. The lowest BCUT2D eigenvalue weighted by molar-refractivity contribution is -0.139. The summed E-state index contributed by atoms with van der Waals surface area (Å²) in [5.74, 6) is 0.323. The molecule has 2 saturated heterocycles. The van der Waals surface area contributed by atoms with E-state index in [-0.39, 0.29) is 12.5 Å². The summed E-state index contributed by atoms with van der Waals surface area (Å²) in [7, 11) is 0. The molecule has 3 atom stereocenters. The van der Waals surface area contributed by atoms with Crippen molar-refractivity contribution in [3.63, 3.8) is 0 Å². The number of amides is 4. The number of carbonyl (C=O) groups is 3. The van der Waals surface area contributed by atoms with Crippen LogP contribution in [0.25, 0.3) is 0 Å². The number of benzene rings is 1. The van der Waals surface area contributed by atoms with Crippen molar-refractivity contribution in [3.8, 4) is 0 Å². The zero-order valence-electron chi connectivity index (χ0n) is 16.9. The van der Waals surface area contributed by atoms with Gasteiger partial charge in [-0.2, -0.15) is 5.01 Å². The minimum absolute atomic E-state index is 0.187. The van der Waals surface area contributed by atoms with E-state index in [1.54, 1.807) is 6.92 Å². The van der Waals surface area contributed by atoms with Gasteiger partial charge >= 0.3 is 6.03 Å². The lowest BCUT2D eigenvalue weighted by Crippen LogP contribution is -2.52. The molecule has 0 radical (unpaired) electrons. The maximum Gasteiger partial charge on any atom is 0.344 e. The highest BCUT2D eigenvalue weighted by molar-refractivity contribution is 6.07. The third-order valence-corrected chi connectivity index (χ3v) is 5.57. The smallest absolute Gasteiger partial charge is 0.322 e. The van der Waals surface area contributed by atoms with Crippen LogP contribution >= 0.6 is 0 Å². The van der Waals surface area contributed by atoms with E-state index in [9.17, 15) is 14.4 Å². The van der Waals surface area contributed by atoms with Gasteiger partial charge in [0, 0.05) is 13.1 Å².